The van der Waals surface area contributed by atoms with Crippen molar-refractivity contribution in [1.29, 1.82) is 0 Å². The van der Waals surface area contributed by atoms with Crippen molar-refractivity contribution >= 4 is 26.1 Å². The van der Waals surface area contributed by atoms with E-state index in [4.69, 9.17) is 16.0 Å². The van der Waals surface area contributed by atoms with Crippen LogP contribution >= 0.6 is 0 Å². The Morgan fingerprint density at radius 2 is 1.79 bits per heavy atom. The van der Waals surface area contributed by atoms with Crippen molar-refractivity contribution in [3.63, 3.8) is 0 Å². The fraction of sp³-hybridized carbons (Fsp3) is 0.412. The fourth-order valence-corrected chi connectivity index (χ4v) is 5.39. The second-order valence-electron chi connectivity index (χ2n) is 5.78. The Kier molecular flexibility index (Phi) is 6.10. The van der Waals surface area contributed by atoms with Crippen molar-refractivity contribution in [3.05, 3.63) is 42.5 Å². The molecule has 2 N–H and O–H groups in total. The molecule has 2 bridgehead atoms. The van der Waals surface area contributed by atoms with E-state index in [1.54, 1.807) is 0 Å². The summed E-state index contributed by atoms with van der Waals surface area (Å²) in [6, 6.07) is 14.4. The van der Waals surface area contributed by atoms with E-state index in [0.29, 0.717) is 19.8 Å². The van der Waals surface area contributed by atoms with Gasteiger partial charge in [-0.1, -0.05) is 0 Å². The number of ether oxygens (including phenoxy) is 1. The van der Waals surface area contributed by atoms with Gasteiger partial charge in [-0.3, -0.25) is 0 Å². The maximum atomic E-state index is 6.08. The summed E-state index contributed by atoms with van der Waals surface area (Å²) >= 11 is -2.29. The minimum absolute atomic E-state index is 0. The Morgan fingerprint density at radius 1 is 1.04 bits per heavy atom. The van der Waals surface area contributed by atoms with E-state index in [2.05, 4.69) is 23.1 Å². The summed E-state index contributed by atoms with van der Waals surface area (Å²) in [5.41, 5.74) is 0. The average Bonchev–Trinajstić information content (AvgIpc) is 2.52. The summed E-state index contributed by atoms with van der Waals surface area (Å²) in [6.07, 6.45) is 0.00423. The summed E-state index contributed by atoms with van der Waals surface area (Å²) in [5.74, 6) is 0.903. The molecule has 129 valence electrons. The van der Waals surface area contributed by atoms with Gasteiger partial charge in [-0.15, -0.1) is 0 Å². The summed E-state index contributed by atoms with van der Waals surface area (Å²) in [4.78, 5) is 2.32. The van der Waals surface area contributed by atoms with E-state index in [0.717, 1.165) is 30.8 Å². The molecular weight excluding hydrogens is 371 g/mol. The van der Waals surface area contributed by atoms with Crippen LogP contribution in [0, 0.1) is 0 Å². The van der Waals surface area contributed by atoms with E-state index in [-0.39, 0.29) is 11.6 Å². The number of benzene rings is 2. The summed E-state index contributed by atoms with van der Waals surface area (Å²) < 4.78 is 23.6. The molecule has 6 nitrogen and oxygen atoms in total. The SMILES string of the molecule is O.c1ccc2c(OCC3CN4CC[O][Ge]([O]CC4)[O]3)cccc2c1. The molecule has 24 heavy (non-hydrogen) atoms. The number of fused-ring (bicyclic) bond motifs is 7. The normalized spacial score (nSPS) is 24.7. The minimum atomic E-state index is -2.29. The topological polar surface area (TPSA) is 71.7 Å². The molecule has 3 aliphatic rings. The number of hydrogen-bond acceptors (Lipinski definition) is 5. The van der Waals surface area contributed by atoms with Crippen LogP contribution in [-0.2, 0) is 11.3 Å². The van der Waals surface area contributed by atoms with Crippen molar-refractivity contribution in [2.75, 3.05) is 39.5 Å². The van der Waals surface area contributed by atoms with E-state index in [9.17, 15) is 0 Å². The van der Waals surface area contributed by atoms with E-state index in [1.807, 2.05) is 24.3 Å². The Bertz CT molecular complexity index is 641. The van der Waals surface area contributed by atoms with Gasteiger partial charge in [0, 0.05) is 0 Å². The molecule has 1 unspecified atom stereocenters. The first kappa shape index (κ1) is 17.7. The molecule has 5 rings (SSSR count). The predicted molar refractivity (Wildman–Crippen MR) is 92.0 cm³/mol. The third-order valence-electron chi connectivity index (χ3n) is 4.15. The Hall–Kier alpha value is -1.16. The monoisotopic (exact) mass is 394 g/mol. The van der Waals surface area contributed by atoms with Gasteiger partial charge in [0.1, 0.15) is 0 Å². The first-order valence-electron chi connectivity index (χ1n) is 8.00. The molecule has 2 aromatic carbocycles. The van der Waals surface area contributed by atoms with Crippen molar-refractivity contribution in [2.45, 2.75) is 6.10 Å². The molecule has 0 aromatic heterocycles. The summed E-state index contributed by atoms with van der Waals surface area (Å²) in [7, 11) is 0. The van der Waals surface area contributed by atoms with E-state index < -0.39 is 15.4 Å². The van der Waals surface area contributed by atoms with Crippen molar-refractivity contribution in [1.82, 2.24) is 4.90 Å². The van der Waals surface area contributed by atoms with Gasteiger partial charge in [-0.05, 0) is 0 Å². The molecule has 1 radical (unpaired) electrons. The molecule has 3 fully saturated rings. The van der Waals surface area contributed by atoms with Crippen LogP contribution in [-0.4, -0.2) is 71.3 Å². The van der Waals surface area contributed by atoms with Crippen molar-refractivity contribution in [3.8, 4) is 5.75 Å². The molecule has 3 saturated heterocycles. The average molecular weight is 393 g/mol. The zero-order valence-corrected chi connectivity index (χ0v) is 15.5. The third kappa shape index (κ3) is 4.08. The molecule has 7 heteroatoms. The van der Waals surface area contributed by atoms with Gasteiger partial charge in [-0.25, -0.2) is 0 Å². The van der Waals surface area contributed by atoms with Gasteiger partial charge in [0.2, 0.25) is 0 Å². The van der Waals surface area contributed by atoms with Crippen LogP contribution in [0.5, 0.6) is 5.75 Å². The predicted octanol–water partition coefficient (Wildman–Crippen LogP) is 1.13. The van der Waals surface area contributed by atoms with Crippen LogP contribution in [0.1, 0.15) is 0 Å². The maximum absolute atomic E-state index is 6.08. The zero-order chi connectivity index (χ0) is 15.5. The summed E-state index contributed by atoms with van der Waals surface area (Å²) in [5, 5.41) is 2.32. The number of hydrogen-bond donors (Lipinski definition) is 0. The standard InChI is InChI=1S/C17H20GeNO4.H2O/c1-2-6-16-14(4-1)5-3-7-17(16)20-13-15-12-19-8-10-21-18(23-15)22-11-9-19;/h1-7,15H,8-13H2;1H2. The fourth-order valence-electron chi connectivity index (χ4n) is 2.97. The molecule has 0 aliphatic carbocycles. The second kappa shape index (κ2) is 8.28. The quantitative estimate of drug-likeness (QED) is 0.732. The van der Waals surface area contributed by atoms with E-state index in [1.165, 1.54) is 5.39 Å². The molecule has 0 spiro atoms. The Balaban J connectivity index is 0.00000169. The van der Waals surface area contributed by atoms with Crippen LogP contribution in [0.25, 0.3) is 10.8 Å². The summed E-state index contributed by atoms with van der Waals surface area (Å²) in [6.45, 7) is 4.74. The molecule has 0 saturated carbocycles. The van der Waals surface area contributed by atoms with Crippen molar-refractivity contribution < 1.29 is 21.5 Å². The zero-order valence-electron chi connectivity index (χ0n) is 13.4. The van der Waals surface area contributed by atoms with Crippen LogP contribution in [0.3, 0.4) is 0 Å². The van der Waals surface area contributed by atoms with Gasteiger partial charge >= 0.3 is 141 Å². The molecule has 1 atom stereocenters. The van der Waals surface area contributed by atoms with Crippen LogP contribution in [0.2, 0.25) is 0 Å². The first-order valence-corrected chi connectivity index (χ1v) is 10.6. The van der Waals surface area contributed by atoms with Crippen molar-refractivity contribution in [2.24, 2.45) is 0 Å². The van der Waals surface area contributed by atoms with Gasteiger partial charge < -0.3 is 5.48 Å². The number of nitrogens with zero attached hydrogens (tertiary/aromatic N) is 1. The third-order valence-corrected chi connectivity index (χ3v) is 7.10. The second-order valence-corrected chi connectivity index (χ2v) is 8.53. The first-order chi connectivity index (χ1) is 11.4. The van der Waals surface area contributed by atoms with Crippen LogP contribution in [0.4, 0.5) is 0 Å². The van der Waals surface area contributed by atoms with E-state index >= 15 is 0 Å². The Labute approximate surface area is 146 Å². The molecule has 3 heterocycles. The molecule has 3 aliphatic heterocycles. The van der Waals surface area contributed by atoms with Crippen LogP contribution < -0.4 is 4.74 Å². The van der Waals surface area contributed by atoms with Gasteiger partial charge in [0.25, 0.3) is 0 Å². The number of rotatable bonds is 3. The molecule has 2 aromatic rings. The van der Waals surface area contributed by atoms with Crippen LogP contribution in [0.15, 0.2) is 42.5 Å². The Morgan fingerprint density at radius 3 is 2.62 bits per heavy atom. The molecular formula is C17H22GeNO5. The van der Waals surface area contributed by atoms with Gasteiger partial charge in [0.15, 0.2) is 0 Å². The van der Waals surface area contributed by atoms with Gasteiger partial charge in [0.05, 0.1) is 0 Å². The van der Waals surface area contributed by atoms with Gasteiger partial charge in [-0.2, -0.15) is 0 Å². The molecule has 0 amide bonds.